The zero-order valence-corrected chi connectivity index (χ0v) is 10.8. The van der Waals surface area contributed by atoms with Crippen LogP contribution < -0.4 is 0 Å². The molecule has 0 radical (unpaired) electrons. The summed E-state index contributed by atoms with van der Waals surface area (Å²) >= 11 is 0. The summed E-state index contributed by atoms with van der Waals surface area (Å²) in [7, 11) is 0. The zero-order valence-electron chi connectivity index (χ0n) is 10.8. The quantitative estimate of drug-likeness (QED) is 0.679. The number of allylic oxidation sites excluding steroid dienone is 3. The van der Waals surface area contributed by atoms with Gasteiger partial charge in [0.05, 0.1) is 12.1 Å². The van der Waals surface area contributed by atoms with E-state index in [1.807, 2.05) is 0 Å². The van der Waals surface area contributed by atoms with Crippen molar-refractivity contribution < 1.29 is 0 Å². The first kappa shape index (κ1) is 13.5. The molecule has 0 aromatic rings. The lowest BCUT2D eigenvalue weighted by atomic mass is 9.61. The number of hydrogen-bond donors (Lipinski definition) is 0. The monoisotopic (exact) mass is 228 g/mol. The molecule has 0 aliphatic heterocycles. The second kappa shape index (κ2) is 5.19. The minimum absolute atomic E-state index is 0.00722. The van der Waals surface area contributed by atoms with Crippen molar-refractivity contribution in [2.24, 2.45) is 10.8 Å². The van der Waals surface area contributed by atoms with Crippen molar-refractivity contribution in [2.75, 3.05) is 0 Å². The molecule has 0 spiro atoms. The smallest absolute Gasteiger partial charge is 0.168 e. The molecule has 0 saturated heterocycles. The van der Waals surface area contributed by atoms with Crippen LogP contribution >= 0.6 is 0 Å². The molecule has 0 saturated carbocycles. The molecule has 1 atom stereocenters. The van der Waals surface area contributed by atoms with Crippen LogP contribution in [0.15, 0.2) is 24.3 Å². The minimum atomic E-state index is -1.01. The van der Waals surface area contributed by atoms with Crippen LogP contribution in [0.1, 0.15) is 46.0 Å². The fraction of sp³-hybridized carbons (Fsp3) is 0.600. The summed E-state index contributed by atoms with van der Waals surface area (Å²) in [6, 6.07) is 4.45. The van der Waals surface area contributed by atoms with Gasteiger partial charge in [-0.3, -0.25) is 0 Å². The third kappa shape index (κ3) is 2.27. The van der Waals surface area contributed by atoms with Crippen LogP contribution in [0.2, 0.25) is 0 Å². The van der Waals surface area contributed by atoms with Crippen LogP contribution in [-0.2, 0) is 0 Å². The van der Waals surface area contributed by atoms with Gasteiger partial charge in [-0.15, -0.1) is 6.58 Å². The van der Waals surface area contributed by atoms with Crippen molar-refractivity contribution in [3.8, 4) is 12.1 Å². The van der Waals surface area contributed by atoms with E-state index >= 15 is 0 Å². The average molecular weight is 228 g/mol. The molecular weight excluding hydrogens is 208 g/mol. The van der Waals surface area contributed by atoms with E-state index in [-0.39, 0.29) is 5.41 Å². The zero-order chi connectivity index (χ0) is 12.9. The van der Waals surface area contributed by atoms with E-state index in [0.717, 1.165) is 31.3 Å². The normalized spacial score (nSPS) is 24.4. The standard InChI is InChI=1S/C15H20N2/c1-4-9-15(11-16,12-17)13-8-6-7-10-14(13,3)5-2/h4,8H,1,5-7,9-10H2,2-3H3. The van der Waals surface area contributed by atoms with E-state index in [2.05, 4.69) is 38.6 Å². The van der Waals surface area contributed by atoms with E-state index in [0.29, 0.717) is 6.42 Å². The first-order chi connectivity index (χ1) is 8.08. The van der Waals surface area contributed by atoms with Crippen molar-refractivity contribution in [3.63, 3.8) is 0 Å². The van der Waals surface area contributed by atoms with Crippen LogP contribution in [0.25, 0.3) is 0 Å². The molecule has 1 aliphatic carbocycles. The van der Waals surface area contributed by atoms with Gasteiger partial charge < -0.3 is 0 Å². The highest BCUT2D eigenvalue weighted by Crippen LogP contribution is 2.49. The molecule has 1 unspecified atom stereocenters. The topological polar surface area (TPSA) is 47.6 Å². The Hall–Kier alpha value is -1.54. The Morgan fingerprint density at radius 3 is 2.65 bits per heavy atom. The summed E-state index contributed by atoms with van der Waals surface area (Å²) in [6.07, 6.45) is 8.38. The number of nitriles is 2. The SMILES string of the molecule is C=CCC(C#N)(C#N)C1=CCCCC1(C)CC. The van der Waals surface area contributed by atoms with E-state index < -0.39 is 5.41 Å². The Bertz CT molecular complexity index is 392. The van der Waals surface area contributed by atoms with Gasteiger partial charge in [0, 0.05) is 6.42 Å². The Kier molecular flexibility index (Phi) is 4.13. The molecule has 0 aromatic carbocycles. The lowest BCUT2D eigenvalue weighted by Crippen LogP contribution is -2.33. The van der Waals surface area contributed by atoms with E-state index in [1.165, 1.54) is 0 Å². The largest absolute Gasteiger partial charge is 0.196 e. The number of hydrogen-bond acceptors (Lipinski definition) is 2. The lowest BCUT2D eigenvalue weighted by Gasteiger charge is -2.40. The first-order valence-electron chi connectivity index (χ1n) is 6.23. The molecule has 90 valence electrons. The molecule has 2 nitrogen and oxygen atoms in total. The first-order valence-corrected chi connectivity index (χ1v) is 6.23. The maximum absolute atomic E-state index is 9.43. The Morgan fingerprint density at radius 2 is 2.18 bits per heavy atom. The second-order valence-electron chi connectivity index (χ2n) is 5.05. The fourth-order valence-corrected chi connectivity index (χ4v) is 2.74. The maximum Gasteiger partial charge on any atom is 0.168 e. The Morgan fingerprint density at radius 1 is 1.53 bits per heavy atom. The van der Waals surface area contributed by atoms with Gasteiger partial charge in [0.2, 0.25) is 0 Å². The highest BCUT2D eigenvalue weighted by Gasteiger charge is 2.43. The molecule has 17 heavy (non-hydrogen) atoms. The van der Waals surface area contributed by atoms with Gasteiger partial charge in [0.25, 0.3) is 0 Å². The molecule has 0 bridgehead atoms. The summed E-state index contributed by atoms with van der Waals surface area (Å²) in [5, 5.41) is 18.9. The molecule has 0 amide bonds. The summed E-state index contributed by atoms with van der Waals surface area (Å²) in [5.74, 6) is 0. The predicted octanol–water partition coefficient (Wildman–Crippen LogP) is 4.12. The summed E-state index contributed by atoms with van der Waals surface area (Å²) in [5.41, 5.74) is 0.00303. The van der Waals surface area contributed by atoms with Crippen molar-refractivity contribution in [2.45, 2.75) is 46.0 Å². The lowest BCUT2D eigenvalue weighted by molar-refractivity contribution is 0.283. The van der Waals surface area contributed by atoms with Crippen LogP contribution in [0.3, 0.4) is 0 Å². The third-order valence-corrected chi connectivity index (χ3v) is 4.00. The van der Waals surface area contributed by atoms with Crippen molar-refractivity contribution in [1.82, 2.24) is 0 Å². The van der Waals surface area contributed by atoms with Gasteiger partial charge >= 0.3 is 0 Å². The summed E-state index contributed by atoms with van der Waals surface area (Å²) in [4.78, 5) is 0. The average Bonchev–Trinajstić information content (AvgIpc) is 2.37. The van der Waals surface area contributed by atoms with Gasteiger partial charge in [-0.05, 0) is 36.7 Å². The molecule has 0 N–H and O–H groups in total. The van der Waals surface area contributed by atoms with Crippen molar-refractivity contribution >= 4 is 0 Å². The van der Waals surface area contributed by atoms with Gasteiger partial charge in [0.1, 0.15) is 0 Å². The van der Waals surface area contributed by atoms with Gasteiger partial charge in [-0.2, -0.15) is 10.5 Å². The van der Waals surface area contributed by atoms with Crippen LogP contribution in [0, 0.1) is 33.5 Å². The fourth-order valence-electron chi connectivity index (χ4n) is 2.74. The molecular formula is C15H20N2. The van der Waals surface area contributed by atoms with Gasteiger partial charge in [0.15, 0.2) is 5.41 Å². The van der Waals surface area contributed by atoms with Gasteiger partial charge in [-0.25, -0.2) is 0 Å². The summed E-state index contributed by atoms with van der Waals surface area (Å²) in [6.45, 7) is 7.98. The Balaban J connectivity index is 3.28. The molecule has 0 heterocycles. The molecule has 1 aliphatic rings. The Labute approximate surface area is 104 Å². The highest BCUT2D eigenvalue weighted by atomic mass is 14.5. The molecule has 1 rings (SSSR count). The van der Waals surface area contributed by atoms with E-state index in [9.17, 15) is 10.5 Å². The number of nitrogens with zero attached hydrogens (tertiary/aromatic N) is 2. The van der Waals surface area contributed by atoms with Crippen molar-refractivity contribution in [3.05, 3.63) is 24.3 Å². The molecule has 0 fully saturated rings. The van der Waals surface area contributed by atoms with Gasteiger partial charge in [-0.1, -0.05) is 26.0 Å². The molecule has 0 aromatic heterocycles. The summed E-state index contributed by atoms with van der Waals surface area (Å²) < 4.78 is 0. The van der Waals surface area contributed by atoms with Crippen LogP contribution in [0.4, 0.5) is 0 Å². The molecule has 2 heteroatoms. The van der Waals surface area contributed by atoms with E-state index in [4.69, 9.17) is 0 Å². The van der Waals surface area contributed by atoms with E-state index in [1.54, 1.807) is 6.08 Å². The van der Waals surface area contributed by atoms with Crippen molar-refractivity contribution in [1.29, 1.82) is 10.5 Å². The minimum Gasteiger partial charge on any atom is -0.196 e. The maximum atomic E-state index is 9.43. The third-order valence-electron chi connectivity index (χ3n) is 4.00. The predicted molar refractivity (Wildman–Crippen MR) is 68.8 cm³/mol. The van der Waals surface area contributed by atoms with Crippen LogP contribution in [0.5, 0.6) is 0 Å². The highest BCUT2D eigenvalue weighted by molar-refractivity contribution is 5.39. The second-order valence-corrected chi connectivity index (χ2v) is 5.05. The number of rotatable bonds is 4. The van der Waals surface area contributed by atoms with Crippen LogP contribution in [-0.4, -0.2) is 0 Å².